The lowest BCUT2D eigenvalue weighted by atomic mass is 10.0. The fraction of sp³-hybridized carbons (Fsp3) is 0.649. The minimum atomic E-state index is -3.92. The molecule has 16 heteroatoms. The van der Waals surface area contributed by atoms with Crippen LogP contribution >= 0.6 is 0 Å². The zero-order chi connectivity index (χ0) is 37.7. The summed E-state index contributed by atoms with van der Waals surface area (Å²) < 4.78 is 53.8. The molecule has 6 aliphatic rings. The summed E-state index contributed by atoms with van der Waals surface area (Å²) >= 11 is 0. The highest BCUT2D eigenvalue weighted by atomic mass is 32.2. The number of allylic oxidation sites excluding steroid dienone is 1. The van der Waals surface area contributed by atoms with E-state index in [1.807, 2.05) is 26.0 Å². The Labute approximate surface area is 308 Å². The lowest BCUT2D eigenvalue weighted by molar-refractivity contribution is -0.141. The Kier molecular flexibility index (Phi) is 9.96. The minimum absolute atomic E-state index is 0.00172. The van der Waals surface area contributed by atoms with Gasteiger partial charge in [0.25, 0.3) is 5.91 Å². The zero-order valence-electron chi connectivity index (χ0n) is 30.1. The maximum Gasteiger partial charge on any atom is 0.410 e. The molecule has 0 unspecified atom stereocenters. The van der Waals surface area contributed by atoms with Crippen molar-refractivity contribution in [2.24, 2.45) is 11.8 Å². The second-order valence-electron chi connectivity index (χ2n) is 16.0. The summed E-state index contributed by atoms with van der Waals surface area (Å²) in [4.78, 5) is 71.5. The molecule has 3 N–H and O–H groups in total. The van der Waals surface area contributed by atoms with Crippen molar-refractivity contribution in [3.05, 3.63) is 47.3 Å². The Morgan fingerprint density at radius 3 is 2.53 bits per heavy atom. The van der Waals surface area contributed by atoms with Gasteiger partial charge in [0.05, 0.1) is 18.3 Å². The van der Waals surface area contributed by atoms with Gasteiger partial charge in [0, 0.05) is 24.4 Å². The molecule has 14 nitrogen and oxygen atoms in total. The number of nitrogens with one attached hydrogen (secondary N) is 3. The summed E-state index contributed by atoms with van der Waals surface area (Å²) in [6.07, 6.45) is 7.12. The van der Waals surface area contributed by atoms with Crippen molar-refractivity contribution in [2.75, 3.05) is 6.54 Å². The summed E-state index contributed by atoms with van der Waals surface area (Å²) in [6, 6.07) is 2.33. The number of sulfonamides is 1. The van der Waals surface area contributed by atoms with E-state index in [-0.39, 0.29) is 44.8 Å². The molecule has 4 fully saturated rings. The third-order valence-electron chi connectivity index (χ3n) is 11.5. The topological polar surface area (TPSA) is 181 Å². The number of fused-ring (bicyclic) bond motifs is 3. The number of halogens is 1. The van der Waals surface area contributed by atoms with Crippen molar-refractivity contribution in [1.82, 2.24) is 25.2 Å². The van der Waals surface area contributed by atoms with Crippen LogP contribution in [0.5, 0.6) is 0 Å². The van der Waals surface area contributed by atoms with Gasteiger partial charge in [-0.1, -0.05) is 37.1 Å². The fourth-order valence-corrected chi connectivity index (χ4v) is 9.21. The molecular formula is C37H48FN5O9S. The normalized spacial score (nSPS) is 29.7. The first-order valence-electron chi connectivity index (χ1n) is 18.7. The van der Waals surface area contributed by atoms with Gasteiger partial charge in [-0.25, -0.2) is 22.4 Å². The van der Waals surface area contributed by atoms with Crippen molar-refractivity contribution in [3.8, 4) is 0 Å². The number of hydrogen-bond acceptors (Lipinski definition) is 9. The third kappa shape index (κ3) is 8.02. The second-order valence-corrected chi connectivity index (χ2v) is 17.9. The highest BCUT2D eigenvalue weighted by Gasteiger charge is 2.62. The average Bonchev–Trinajstić information content (AvgIpc) is 4.01. The molecule has 288 valence electrons. The van der Waals surface area contributed by atoms with E-state index in [9.17, 15) is 36.8 Å². The van der Waals surface area contributed by atoms with Crippen LogP contribution in [0.3, 0.4) is 0 Å². The van der Waals surface area contributed by atoms with Gasteiger partial charge in [0.15, 0.2) is 0 Å². The molecule has 5 amide bonds. The average molecular weight is 758 g/mol. The molecule has 7 rings (SSSR count). The van der Waals surface area contributed by atoms with Crippen molar-refractivity contribution < 1.29 is 46.3 Å². The number of carbonyl (C=O) groups is 5. The lowest BCUT2D eigenvalue weighted by Crippen LogP contribution is -2.58. The van der Waals surface area contributed by atoms with Gasteiger partial charge < -0.3 is 25.0 Å². The number of hydrogen-bond donors (Lipinski definition) is 3. The van der Waals surface area contributed by atoms with Crippen molar-refractivity contribution in [1.29, 1.82) is 0 Å². The van der Waals surface area contributed by atoms with E-state index in [1.165, 1.54) is 15.9 Å². The molecule has 3 saturated carbocycles. The number of rotatable bonds is 7. The van der Waals surface area contributed by atoms with Gasteiger partial charge >= 0.3 is 12.2 Å². The van der Waals surface area contributed by atoms with E-state index in [1.54, 1.807) is 12.1 Å². The Bertz CT molecular complexity index is 1810. The van der Waals surface area contributed by atoms with E-state index >= 15 is 0 Å². The van der Waals surface area contributed by atoms with Crippen LogP contribution in [-0.4, -0.2) is 89.2 Å². The van der Waals surface area contributed by atoms with E-state index in [0.717, 1.165) is 25.7 Å². The summed E-state index contributed by atoms with van der Waals surface area (Å²) in [6.45, 7) is 3.61. The monoisotopic (exact) mass is 757 g/mol. The summed E-state index contributed by atoms with van der Waals surface area (Å²) in [5.74, 6) is -2.80. The van der Waals surface area contributed by atoms with Gasteiger partial charge in [-0.15, -0.1) is 0 Å². The molecule has 5 atom stereocenters. The number of alkyl carbamates (subject to hydrolysis) is 1. The molecule has 0 spiro atoms. The van der Waals surface area contributed by atoms with E-state index in [2.05, 4.69) is 15.4 Å². The second kappa shape index (κ2) is 14.2. The van der Waals surface area contributed by atoms with E-state index in [0.29, 0.717) is 36.8 Å². The summed E-state index contributed by atoms with van der Waals surface area (Å²) in [5, 5.41) is 4.89. The van der Waals surface area contributed by atoms with Crippen molar-refractivity contribution in [2.45, 2.75) is 132 Å². The Hall–Kier alpha value is -4.21. The molecule has 0 bridgehead atoms. The van der Waals surface area contributed by atoms with Gasteiger partial charge in [-0.2, -0.15) is 0 Å². The Morgan fingerprint density at radius 2 is 1.81 bits per heavy atom. The van der Waals surface area contributed by atoms with Crippen LogP contribution in [-0.2, 0) is 47.0 Å². The largest absolute Gasteiger partial charge is 0.444 e. The predicted octanol–water partition coefficient (Wildman–Crippen LogP) is 3.53. The quantitative estimate of drug-likeness (QED) is 0.351. The molecule has 1 aromatic carbocycles. The zero-order valence-corrected chi connectivity index (χ0v) is 30.9. The Balaban J connectivity index is 1.13. The van der Waals surface area contributed by atoms with E-state index < -0.39 is 86.2 Å². The van der Waals surface area contributed by atoms with Gasteiger partial charge in [0.2, 0.25) is 21.8 Å². The van der Waals surface area contributed by atoms with Crippen molar-refractivity contribution in [3.63, 3.8) is 0 Å². The standard InChI is InChI=1S/C37H48FN5O9S/c1-36(2,23-13-14-23)52-34(47)39-29-12-7-5-3-4-6-10-24-18-37(24,33(46)41-53(49,50)26-15-16-26)40-31(44)30-17-25(20-43(30)32(29)45)51-35(48)42-19-22-9-8-11-28(38)27(22)21-42/h6,8-11,23-26,29-30H,3-5,7,12-21H2,1-2H3,(H,39,47)(H,40,44)(H,41,46)/b10-6-/t24-,25-,29+,30+,37-/m1/s1. The molecule has 0 radical (unpaired) electrons. The maximum absolute atomic E-state index is 14.4. The lowest BCUT2D eigenvalue weighted by Gasteiger charge is -2.31. The van der Waals surface area contributed by atoms with Gasteiger partial charge in [-0.05, 0) is 82.8 Å². The van der Waals surface area contributed by atoms with Crippen LogP contribution in [0.25, 0.3) is 0 Å². The smallest absolute Gasteiger partial charge is 0.410 e. The third-order valence-corrected chi connectivity index (χ3v) is 13.3. The van der Waals surface area contributed by atoms with E-state index in [4.69, 9.17) is 9.47 Å². The molecular weight excluding hydrogens is 709 g/mol. The highest BCUT2D eigenvalue weighted by Crippen LogP contribution is 2.46. The number of carbonyl (C=O) groups excluding carboxylic acids is 5. The summed E-state index contributed by atoms with van der Waals surface area (Å²) in [7, 11) is -3.92. The number of ether oxygens (including phenoxy) is 2. The first-order chi connectivity index (χ1) is 25.2. The first kappa shape index (κ1) is 37.1. The first-order valence-corrected chi connectivity index (χ1v) is 20.3. The van der Waals surface area contributed by atoms with Crippen LogP contribution < -0.4 is 15.4 Å². The minimum Gasteiger partial charge on any atom is -0.444 e. The fourth-order valence-electron chi connectivity index (χ4n) is 7.85. The van der Waals surface area contributed by atoms with Crippen LogP contribution in [0, 0.1) is 17.7 Å². The molecule has 3 aliphatic heterocycles. The van der Waals surface area contributed by atoms with Crippen LogP contribution in [0.1, 0.15) is 95.6 Å². The molecule has 0 aromatic heterocycles. The Morgan fingerprint density at radius 1 is 1.04 bits per heavy atom. The van der Waals surface area contributed by atoms with Crippen molar-refractivity contribution >= 4 is 39.9 Å². The highest BCUT2D eigenvalue weighted by molar-refractivity contribution is 7.91. The summed E-state index contributed by atoms with van der Waals surface area (Å²) in [5.41, 5.74) is -1.23. The molecule has 53 heavy (non-hydrogen) atoms. The van der Waals surface area contributed by atoms with Crippen LogP contribution in [0.15, 0.2) is 30.4 Å². The van der Waals surface area contributed by atoms with Gasteiger partial charge in [0.1, 0.15) is 35.1 Å². The predicted molar refractivity (Wildman–Crippen MR) is 188 cm³/mol. The SMILES string of the molecule is CC(C)(OC(=O)N[C@H]1CCCCC/C=C\[C@@H]2C[C@@]2(C(=O)NS(=O)(=O)C2CC2)NC(=O)[C@@H]2C[C@@H](OC(=O)N3Cc4cccc(F)c4C3)CN2C1=O)C1CC1. The number of nitrogens with zero attached hydrogens (tertiary/aromatic N) is 2. The number of benzene rings is 1. The molecule has 3 heterocycles. The maximum atomic E-state index is 14.4. The molecule has 1 aromatic rings. The van der Waals surface area contributed by atoms with Crippen LogP contribution in [0.2, 0.25) is 0 Å². The molecule has 1 saturated heterocycles. The van der Waals surface area contributed by atoms with Crippen LogP contribution in [0.4, 0.5) is 14.0 Å². The molecule has 3 aliphatic carbocycles. The van der Waals surface area contributed by atoms with Gasteiger partial charge in [-0.3, -0.25) is 24.0 Å². The number of amides is 5.